The van der Waals surface area contributed by atoms with Crippen LogP contribution in [0.15, 0.2) is 18.2 Å². The summed E-state index contributed by atoms with van der Waals surface area (Å²) in [7, 11) is 0. The molecule has 0 heterocycles. The molecule has 16 heavy (non-hydrogen) atoms. The van der Waals surface area contributed by atoms with Crippen LogP contribution in [0.4, 0.5) is 0 Å². The van der Waals surface area contributed by atoms with Crippen LogP contribution in [0.1, 0.15) is 44.4 Å². The Labute approximate surface area is 104 Å². The van der Waals surface area contributed by atoms with Crippen LogP contribution in [0, 0.1) is 12.8 Å². The minimum absolute atomic E-state index is 0.411. The molecule has 2 atom stereocenters. The Hall–Kier alpha value is -0.530. The fourth-order valence-corrected chi connectivity index (χ4v) is 2.22. The van der Waals surface area contributed by atoms with Gasteiger partial charge in [-0.1, -0.05) is 50.9 Å². The zero-order chi connectivity index (χ0) is 12.1. The average Bonchev–Trinajstić information content (AvgIpc) is 2.29. The molecule has 1 nitrogen and oxygen atoms in total. The molecular formula is C14H22ClN. The van der Waals surface area contributed by atoms with E-state index >= 15 is 0 Å². The maximum atomic E-state index is 6.18. The lowest BCUT2D eigenvalue weighted by molar-refractivity contribution is 0.382. The lowest BCUT2D eigenvalue weighted by atomic mass is 9.90. The SMILES string of the molecule is CCNC(c1cccc(Cl)c1C)C(C)CC. The first kappa shape index (κ1) is 13.5. The largest absolute Gasteiger partial charge is 0.310 e. The van der Waals surface area contributed by atoms with Gasteiger partial charge in [-0.3, -0.25) is 0 Å². The third-order valence-electron chi connectivity index (χ3n) is 3.28. The summed E-state index contributed by atoms with van der Waals surface area (Å²) in [5.41, 5.74) is 2.54. The van der Waals surface area contributed by atoms with Crippen molar-refractivity contribution >= 4 is 11.6 Å². The molecule has 0 bridgehead atoms. The Bertz CT molecular complexity index is 336. The van der Waals surface area contributed by atoms with Gasteiger partial charge in [-0.25, -0.2) is 0 Å². The molecule has 0 saturated heterocycles. The van der Waals surface area contributed by atoms with Crippen molar-refractivity contribution in [1.29, 1.82) is 0 Å². The monoisotopic (exact) mass is 239 g/mol. The highest BCUT2D eigenvalue weighted by Gasteiger charge is 2.19. The Morgan fingerprint density at radius 1 is 1.31 bits per heavy atom. The molecule has 0 amide bonds. The summed E-state index contributed by atoms with van der Waals surface area (Å²) in [6.07, 6.45) is 1.17. The standard InChI is InChI=1S/C14H22ClN/c1-5-10(3)14(16-6-2)12-8-7-9-13(15)11(12)4/h7-10,14,16H,5-6H2,1-4H3. The van der Waals surface area contributed by atoms with Crippen LogP contribution in [0.5, 0.6) is 0 Å². The second kappa shape index (κ2) is 6.27. The van der Waals surface area contributed by atoms with Gasteiger partial charge in [0.2, 0.25) is 0 Å². The Morgan fingerprint density at radius 2 is 2.00 bits per heavy atom. The first-order valence-electron chi connectivity index (χ1n) is 6.10. The molecule has 1 N–H and O–H groups in total. The molecule has 90 valence electrons. The van der Waals surface area contributed by atoms with Crippen LogP contribution in [0.25, 0.3) is 0 Å². The van der Waals surface area contributed by atoms with Gasteiger partial charge in [-0.2, -0.15) is 0 Å². The van der Waals surface area contributed by atoms with E-state index in [1.54, 1.807) is 0 Å². The maximum absolute atomic E-state index is 6.18. The van der Waals surface area contributed by atoms with Crippen molar-refractivity contribution in [2.24, 2.45) is 5.92 Å². The van der Waals surface area contributed by atoms with Gasteiger partial charge < -0.3 is 5.32 Å². The third-order valence-corrected chi connectivity index (χ3v) is 3.69. The van der Waals surface area contributed by atoms with Crippen molar-refractivity contribution in [3.63, 3.8) is 0 Å². The van der Waals surface area contributed by atoms with Crippen molar-refractivity contribution in [2.75, 3.05) is 6.54 Å². The summed E-state index contributed by atoms with van der Waals surface area (Å²) < 4.78 is 0. The quantitative estimate of drug-likeness (QED) is 0.806. The molecule has 0 fully saturated rings. The van der Waals surface area contributed by atoms with Crippen molar-refractivity contribution < 1.29 is 0 Å². The second-order valence-corrected chi connectivity index (χ2v) is 4.78. The summed E-state index contributed by atoms with van der Waals surface area (Å²) >= 11 is 6.18. The van der Waals surface area contributed by atoms with Gasteiger partial charge >= 0.3 is 0 Å². The molecule has 0 aliphatic rings. The topological polar surface area (TPSA) is 12.0 Å². The van der Waals surface area contributed by atoms with Crippen molar-refractivity contribution in [2.45, 2.75) is 40.2 Å². The molecule has 1 aromatic carbocycles. The molecule has 2 heteroatoms. The van der Waals surface area contributed by atoms with E-state index < -0.39 is 0 Å². The lowest BCUT2D eigenvalue weighted by Crippen LogP contribution is -2.27. The van der Waals surface area contributed by atoms with Crippen LogP contribution in [0.3, 0.4) is 0 Å². The Morgan fingerprint density at radius 3 is 2.56 bits per heavy atom. The van der Waals surface area contributed by atoms with E-state index in [0.29, 0.717) is 12.0 Å². The normalized spacial score (nSPS) is 14.8. The maximum Gasteiger partial charge on any atom is 0.0438 e. The van der Waals surface area contributed by atoms with Crippen LogP contribution < -0.4 is 5.32 Å². The average molecular weight is 240 g/mol. The Balaban J connectivity index is 3.05. The van der Waals surface area contributed by atoms with E-state index in [4.69, 9.17) is 11.6 Å². The third kappa shape index (κ3) is 2.99. The molecule has 0 aromatic heterocycles. The minimum atomic E-state index is 0.411. The van der Waals surface area contributed by atoms with Gasteiger partial charge in [-0.15, -0.1) is 0 Å². The predicted molar refractivity (Wildman–Crippen MR) is 72.1 cm³/mol. The first-order valence-corrected chi connectivity index (χ1v) is 6.48. The summed E-state index contributed by atoms with van der Waals surface area (Å²) in [6.45, 7) is 9.75. The van der Waals surface area contributed by atoms with Gasteiger partial charge in [0.15, 0.2) is 0 Å². The molecule has 0 spiro atoms. The summed E-state index contributed by atoms with van der Waals surface area (Å²) in [5, 5.41) is 4.42. The fraction of sp³-hybridized carbons (Fsp3) is 0.571. The number of benzene rings is 1. The summed E-state index contributed by atoms with van der Waals surface area (Å²) in [5.74, 6) is 0.622. The van der Waals surface area contributed by atoms with Crippen molar-refractivity contribution in [1.82, 2.24) is 5.32 Å². The highest BCUT2D eigenvalue weighted by molar-refractivity contribution is 6.31. The lowest BCUT2D eigenvalue weighted by Gasteiger charge is -2.26. The van der Waals surface area contributed by atoms with Gasteiger partial charge in [0, 0.05) is 11.1 Å². The molecule has 0 saturated carbocycles. The minimum Gasteiger partial charge on any atom is -0.310 e. The zero-order valence-corrected chi connectivity index (χ0v) is 11.4. The molecule has 0 aliphatic heterocycles. The van der Waals surface area contributed by atoms with E-state index in [9.17, 15) is 0 Å². The van der Waals surface area contributed by atoms with E-state index in [-0.39, 0.29) is 0 Å². The zero-order valence-electron chi connectivity index (χ0n) is 10.7. The van der Waals surface area contributed by atoms with E-state index in [1.807, 2.05) is 12.1 Å². The van der Waals surface area contributed by atoms with Gasteiger partial charge in [0.25, 0.3) is 0 Å². The first-order chi connectivity index (χ1) is 7.61. The smallest absolute Gasteiger partial charge is 0.0438 e. The molecule has 1 aromatic rings. The van der Waals surface area contributed by atoms with Crippen LogP contribution in [0.2, 0.25) is 5.02 Å². The fourth-order valence-electron chi connectivity index (χ4n) is 2.03. The van der Waals surface area contributed by atoms with Crippen molar-refractivity contribution in [3.05, 3.63) is 34.3 Å². The van der Waals surface area contributed by atoms with Crippen LogP contribution in [-0.4, -0.2) is 6.54 Å². The number of nitrogens with one attached hydrogen (secondary N) is 1. The number of hydrogen-bond acceptors (Lipinski definition) is 1. The summed E-state index contributed by atoms with van der Waals surface area (Å²) in [4.78, 5) is 0. The highest BCUT2D eigenvalue weighted by atomic mass is 35.5. The number of hydrogen-bond donors (Lipinski definition) is 1. The number of rotatable bonds is 5. The molecule has 0 aliphatic carbocycles. The predicted octanol–water partition coefficient (Wildman–Crippen LogP) is 4.35. The summed E-state index contributed by atoms with van der Waals surface area (Å²) in [6, 6.07) is 6.59. The highest BCUT2D eigenvalue weighted by Crippen LogP contribution is 2.30. The van der Waals surface area contributed by atoms with Gasteiger partial charge in [-0.05, 0) is 36.6 Å². The second-order valence-electron chi connectivity index (χ2n) is 4.37. The van der Waals surface area contributed by atoms with Crippen LogP contribution in [-0.2, 0) is 0 Å². The molecular weight excluding hydrogens is 218 g/mol. The van der Waals surface area contributed by atoms with Gasteiger partial charge in [0.05, 0.1) is 0 Å². The molecule has 0 radical (unpaired) electrons. The van der Waals surface area contributed by atoms with E-state index in [2.05, 4.69) is 39.1 Å². The van der Waals surface area contributed by atoms with Gasteiger partial charge in [0.1, 0.15) is 0 Å². The molecule has 2 unspecified atom stereocenters. The van der Waals surface area contributed by atoms with Crippen LogP contribution >= 0.6 is 11.6 Å². The number of halogens is 1. The van der Waals surface area contributed by atoms with E-state index in [0.717, 1.165) is 11.6 Å². The Kier molecular flexibility index (Phi) is 5.30. The molecule has 1 rings (SSSR count). The van der Waals surface area contributed by atoms with Crippen molar-refractivity contribution in [3.8, 4) is 0 Å². The van der Waals surface area contributed by atoms with E-state index in [1.165, 1.54) is 17.5 Å².